The highest BCUT2D eigenvalue weighted by molar-refractivity contribution is 9.10. The lowest BCUT2D eigenvalue weighted by Gasteiger charge is -2.26. The van der Waals surface area contributed by atoms with Crippen molar-refractivity contribution in [1.82, 2.24) is 5.32 Å². The van der Waals surface area contributed by atoms with E-state index in [4.69, 9.17) is 22.4 Å². The van der Waals surface area contributed by atoms with Crippen molar-refractivity contribution in [2.45, 2.75) is 26.8 Å². The van der Waals surface area contributed by atoms with E-state index >= 15 is 0 Å². The average molecular weight is 356 g/mol. The maximum Gasteiger partial charge on any atom is 0.166 e. The maximum absolute atomic E-state index is 12.4. The Morgan fingerprint density at radius 1 is 1.47 bits per heavy atom. The van der Waals surface area contributed by atoms with Gasteiger partial charge >= 0.3 is 0 Å². The molecule has 1 rings (SSSR count). The molecule has 0 fully saturated rings. The number of hydrogen-bond acceptors (Lipinski definition) is 3. The van der Waals surface area contributed by atoms with Crippen molar-refractivity contribution in [2.75, 3.05) is 13.6 Å². The molecule has 0 amide bonds. The van der Waals surface area contributed by atoms with Crippen LogP contribution in [0.25, 0.3) is 0 Å². The number of phenolic OH excluding ortho intramolecular Hbond substituents is 1. The van der Waals surface area contributed by atoms with Crippen molar-refractivity contribution in [3.8, 4) is 5.75 Å². The highest BCUT2D eigenvalue weighted by atomic mass is 79.9. The number of nitrogens with two attached hydrogens (primary N) is 1. The minimum atomic E-state index is -0.715. The van der Waals surface area contributed by atoms with Crippen LogP contribution in [0.5, 0.6) is 5.75 Å². The minimum absolute atomic E-state index is 0.225. The number of halogens is 3. The van der Waals surface area contributed by atoms with Gasteiger partial charge in [-0.2, -0.15) is 0 Å². The summed E-state index contributed by atoms with van der Waals surface area (Å²) in [5, 5.41) is 12.1. The molecular weight excluding hydrogens is 335 g/mol. The van der Waals surface area contributed by atoms with Gasteiger partial charge in [0.2, 0.25) is 0 Å². The molecule has 0 heterocycles. The van der Waals surface area contributed by atoms with Crippen molar-refractivity contribution in [1.29, 1.82) is 0 Å². The third-order valence-corrected chi connectivity index (χ3v) is 3.72. The molecule has 0 saturated heterocycles. The van der Waals surface area contributed by atoms with Crippen LogP contribution in [-0.4, -0.2) is 24.7 Å². The Balaban J connectivity index is 0.000000344. The monoisotopic (exact) mass is 354 g/mol. The van der Waals surface area contributed by atoms with Gasteiger partial charge in [0.25, 0.3) is 0 Å². The fourth-order valence-electron chi connectivity index (χ4n) is 1.04. The van der Waals surface area contributed by atoms with Crippen LogP contribution in [0, 0.1) is 11.2 Å². The molecule has 0 aliphatic rings. The number of phenols is 1. The van der Waals surface area contributed by atoms with Gasteiger partial charge in [-0.05, 0) is 40.5 Å². The number of rotatable bonds is 2. The molecule has 110 valence electrons. The molecule has 0 saturated carbocycles. The van der Waals surface area contributed by atoms with Gasteiger partial charge in [0.1, 0.15) is 0 Å². The van der Waals surface area contributed by atoms with Gasteiger partial charge < -0.3 is 16.2 Å². The van der Waals surface area contributed by atoms with Crippen LogP contribution in [0.3, 0.4) is 0 Å². The fourth-order valence-corrected chi connectivity index (χ4v) is 1.52. The molecular formula is C13H21BrClFN2O. The van der Waals surface area contributed by atoms with Crippen LogP contribution in [0.2, 0.25) is 5.02 Å². The van der Waals surface area contributed by atoms with Crippen LogP contribution < -0.4 is 11.1 Å². The minimum Gasteiger partial charge on any atom is -0.505 e. The topological polar surface area (TPSA) is 58.3 Å². The maximum atomic E-state index is 12.4. The van der Waals surface area contributed by atoms with Gasteiger partial charge in [-0.25, -0.2) is 4.39 Å². The van der Waals surface area contributed by atoms with E-state index in [1.54, 1.807) is 0 Å². The predicted octanol–water partition coefficient (Wildman–Crippen LogP) is 3.53. The summed E-state index contributed by atoms with van der Waals surface area (Å²) in [4.78, 5) is 0. The molecule has 6 heteroatoms. The molecule has 0 radical (unpaired) electrons. The second-order valence-electron chi connectivity index (χ2n) is 5.25. The number of nitrogens with one attached hydrogen (secondary N) is 1. The standard InChI is InChI=1S/C7H18N2.C6H3BrClFO/c1-7(2,3)6(8)5-9-4;7-3-1-6(10)5(9)2-4(3)8/h6,9H,5,8H2,1-4H3;1-2,10H. The molecule has 0 aliphatic carbocycles. The summed E-state index contributed by atoms with van der Waals surface area (Å²) in [5.41, 5.74) is 6.02. The number of benzene rings is 1. The summed E-state index contributed by atoms with van der Waals surface area (Å²) in [6.07, 6.45) is 0. The Hall–Kier alpha value is -0.360. The van der Waals surface area contributed by atoms with Crippen molar-refractivity contribution in [3.63, 3.8) is 0 Å². The number of likely N-dealkylation sites (N-methyl/N-ethyl adjacent to an activating group) is 1. The first-order valence-electron chi connectivity index (χ1n) is 5.83. The van der Waals surface area contributed by atoms with E-state index in [1.807, 2.05) is 7.05 Å². The normalized spacial score (nSPS) is 12.6. The second kappa shape index (κ2) is 8.04. The molecule has 1 unspecified atom stereocenters. The van der Waals surface area contributed by atoms with Gasteiger partial charge in [-0.15, -0.1) is 0 Å². The summed E-state index contributed by atoms with van der Waals surface area (Å²) in [7, 11) is 1.92. The summed E-state index contributed by atoms with van der Waals surface area (Å²) in [6, 6.07) is 2.50. The smallest absolute Gasteiger partial charge is 0.166 e. The van der Waals surface area contributed by atoms with E-state index in [-0.39, 0.29) is 16.5 Å². The molecule has 1 aromatic rings. The Labute approximate surface area is 127 Å². The van der Waals surface area contributed by atoms with Crippen molar-refractivity contribution in [3.05, 3.63) is 27.4 Å². The third kappa shape index (κ3) is 7.11. The number of aromatic hydroxyl groups is 1. The van der Waals surface area contributed by atoms with Gasteiger partial charge in [0.15, 0.2) is 11.6 Å². The van der Waals surface area contributed by atoms with Crippen LogP contribution in [0.15, 0.2) is 16.6 Å². The van der Waals surface area contributed by atoms with E-state index in [0.29, 0.717) is 4.47 Å². The lowest BCUT2D eigenvalue weighted by molar-refractivity contribution is 0.314. The SMILES string of the molecule is CNCC(N)C(C)(C)C.Oc1cc(Br)c(Cl)cc1F. The lowest BCUT2D eigenvalue weighted by atomic mass is 9.87. The molecule has 1 atom stereocenters. The van der Waals surface area contributed by atoms with Crippen molar-refractivity contribution < 1.29 is 9.50 Å². The van der Waals surface area contributed by atoms with Gasteiger partial charge in [0, 0.05) is 17.1 Å². The zero-order valence-corrected chi connectivity index (χ0v) is 13.9. The largest absolute Gasteiger partial charge is 0.505 e. The highest BCUT2D eigenvalue weighted by Gasteiger charge is 2.18. The lowest BCUT2D eigenvalue weighted by Crippen LogP contribution is -2.42. The summed E-state index contributed by atoms with van der Waals surface area (Å²) < 4.78 is 12.9. The zero-order chi connectivity index (χ0) is 15.2. The molecule has 3 nitrogen and oxygen atoms in total. The first kappa shape index (κ1) is 18.6. The molecule has 4 N–H and O–H groups in total. The second-order valence-corrected chi connectivity index (χ2v) is 6.51. The molecule has 0 bridgehead atoms. The molecule has 1 aromatic carbocycles. The molecule has 19 heavy (non-hydrogen) atoms. The fraction of sp³-hybridized carbons (Fsp3) is 0.538. The Kier molecular flexibility index (Phi) is 7.89. The summed E-state index contributed by atoms with van der Waals surface area (Å²) >= 11 is 8.51. The molecule has 0 spiro atoms. The highest BCUT2D eigenvalue weighted by Crippen LogP contribution is 2.28. The van der Waals surface area contributed by atoms with Crippen LogP contribution in [-0.2, 0) is 0 Å². The van der Waals surface area contributed by atoms with E-state index in [1.165, 1.54) is 6.07 Å². The van der Waals surface area contributed by atoms with Gasteiger partial charge in [-0.3, -0.25) is 0 Å². The summed E-state index contributed by atoms with van der Waals surface area (Å²) in [6.45, 7) is 7.34. The molecule has 0 aromatic heterocycles. The first-order chi connectivity index (χ1) is 8.59. The van der Waals surface area contributed by atoms with Crippen LogP contribution >= 0.6 is 27.5 Å². The number of hydrogen-bond donors (Lipinski definition) is 3. The van der Waals surface area contributed by atoms with Crippen LogP contribution in [0.4, 0.5) is 4.39 Å². The quantitative estimate of drug-likeness (QED) is 0.711. The average Bonchev–Trinajstić information content (AvgIpc) is 2.26. The van der Waals surface area contributed by atoms with Gasteiger partial charge in [0.05, 0.1) is 5.02 Å². The Morgan fingerprint density at radius 3 is 2.32 bits per heavy atom. The Bertz CT molecular complexity index is 360. The predicted molar refractivity (Wildman–Crippen MR) is 82.1 cm³/mol. The van der Waals surface area contributed by atoms with E-state index in [9.17, 15) is 4.39 Å². The first-order valence-corrected chi connectivity index (χ1v) is 7.00. The van der Waals surface area contributed by atoms with Crippen LogP contribution in [0.1, 0.15) is 20.8 Å². The van der Waals surface area contributed by atoms with Crippen molar-refractivity contribution >= 4 is 27.5 Å². The molecule has 0 aliphatic heterocycles. The van der Waals surface area contributed by atoms with E-state index in [0.717, 1.165) is 12.6 Å². The summed E-state index contributed by atoms with van der Waals surface area (Å²) in [5.74, 6) is -1.12. The van der Waals surface area contributed by atoms with Crippen molar-refractivity contribution in [2.24, 2.45) is 11.1 Å². The zero-order valence-electron chi connectivity index (χ0n) is 11.6. The van der Waals surface area contributed by atoms with E-state index < -0.39 is 11.6 Å². The van der Waals surface area contributed by atoms with E-state index in [2.05, 4.69) is 42.0 Å². The third-order valence-electron chi connectivity index (χ3n) is 2.53. The van der Waals surface area contributed by atoms with Gasteiger partial charge in [-0.1, -0.05) is 32.4 Å². The Morgan fingerprint density at radius 2 is 2.00 bits per heavy atom.